The van der Waals surface area contributed by atoms with Crippen LogP contribution in [0, 0.1) is 0 Å². The first-order valence-electron chi connectivity index (χ1n) is 5.62. The summed E-state index contributed by atoms with van der Waals surface area (Å²) in [5.74, 6) is 0.200. The van der Waals surface area contributed by atoms with Gasteiger partial charge in [0.2, 0.25) is 0 Å². The van der Waals surface area contributed by atoms with Crippen LogP contribution in [0.4, 0.5) is 5.69 Å². The minimum atomic E-state index is -0.784. The fourth-order valence-corrected chi connectivity index (χ4v) is 1.61. The maximum Gasteiger partial charge on any atom is 0.435 e. The van der Waals surface area contributed by atoms with E-state index in [2.05, 4.69) is 14.8 Å². The molecule has 0 aliphatic carbocycles. The van der Waals surface area contributed by atoms with Gasteiger partial charge in [-0.3, -0.25) is 9.52 Å². The van der Waals surface area contributed by atoms with Crippen molar-refractivity contribution in [2.45, 2.75) is 0 Å². The maximum absolute atomic E-state index is 12.0. The van der Waals surface area contributed by atoms with Gasteiger partial charge in [-0.05, 0) is 17.4 Å². The first kappa shape index (κ1) is 13.7. The van der Waals surface area contributed by atoms with Crippen LogP contribution < -0.4 is 24.9 Å². The van der Waals surface area contributed by atoms with Crippen molar-refractivity contribution in [2.24, 2.45) is 12.0 Å². The standard InChI is InChI=1S/C12H13N3O5/c1-15-10(12(17)20-14-15)11(16)13-8-5-4-7(18-2)6-9(8)19-3/h4-6H,1-3H3,(H-,13,14,16,17). The Bertz CT molecular complexity index is 701. The zero-order valence-corrected chi connectivity index (χ0v) is 11.2. The topological polar surface area (TPSA) is 104 Å². The Labute approximate surface area is 113 Å². The molecular weight excluding hydrogens is 266 g/mol. The highest BCUT2D eigenvalue weighted by Gasteiger charge is 2.17. The molecule has 0 atom stereocenters. The van der Waals surface area contributed by atoms with Crippen LogP contribution in [0.15, 0.2) is 32.5 Å². The summed E-state index contributed by atoms with van der Waals surface area (Å²) in [7, 11) is 4.43. The van der Waals surface area contributed by atoms with Crippen molar-refractivity contribution in [3.63, 3.8) is 0 Å². The van der Waals surface area contributed by atoms with E-state index >= 15 is 0 Å². The number of aliphatic imine (C=N–C) groups is 1. The van der Waals surface area contributed by atoms with Crippen LogP contribution in [0.2, 0.25) is 0 Å². The van der Waals surface area contributed by atoms with E-state index in [0.29, 0.717) is 17.2 Å². The van der Waals surface area contributed by atoms with Gasteiger partial charge in [0.25, 0.3) is 0 Å². The number of nitrogens with zero attached hydrogens (tertiary/aromatic N) is 2. The molecule has 0 aliphatic heterocycles. The first-order valence-corrected chi connectivity index (χ1v) is 5.62. The Morgan fingerprint density at radius 1 is 1.40 bits per heavy atom. The van der Waals surface area contributed by atoms with Crippen molar-refractivity contribution in [3.8, 4) is 11.5 Å². The number of methoxy groups -OCH3 is 2. The summed E-state index contributed by atoms with van der Waals surface area (Å²) in [5.41, 5.74) is -0.699. The molecule has 8 heteroatoms. The summed E-state index contributed by atoms with van der Waals surface area (Å²) in [5, 5.41) is 14.2. The summed E-state index contributed by atoms with van der Waals surface area (Å²) in [4.78, 5) is 15.2. The van der Waals surface area contributed by atoms with E-state index in [4.69, 9.17) is 9.47 Å². The molecule has 2 aromatic rings. The van der Waals surface area contributed by atoms with Gasteiger partial charge in [-0.15, -0.1) is 0 Å². The second-order valence-electron chi connectivity index (χ2n) is 3.84. The maximum atomic E-state index is 12.0. The number of aromatic nitrogens is 2. The van der Waals surface area contributed by atoms with Crippen molar-refractivity contribution in [3.05, 3.63) is 34.3 Å². The lowest BCUT2D eigenvalue weighted by molar-refractivity contribution is -0.742. The van der Waals surface area contributed by atoms with E-state index < -0.39 is 11.5 Å². The van der Waals surface area contributed by atoms with Crippen LogP contribution in [0.25, 0.3) is 0 Å². The van der Waals surface area contributed by atoms with Crippen molar-refractivity contribution >= 4 is 11.6 Å². The van der Waals surface area contributed by atoms with Crippen LogP contribution in [0.5, 0.6) is 11.5 Å². The summed E-state index contributed by atoms with van der Waals surface area (Å²) in [6, 6.07) is 4.78. The minimum Gasteiger partial charge on any atom is -0.854 e. The van der Waals surface area contributed by atoms with Crippen LogP contribution in [0.3, 0.4) is 0 Å². The number of H-pyrrole nitrogens is 1. The number of aryl methyl sites for hydroxylation is 1. The highest BCUT2D eigenvalue weighted by Crippen LogP contribution is 2.31. The third-order valence-corrected chi connectivity index (χ3v) is 2.62. The minimum absolute atomic E-state index is 0.206. The van der Waals surface area contributed by atoms with Crippen molar-refractivity contribution in [2.75, 3.05) is 14.2 Å². The van der Waals surface area contributed by atoms with Gasteiger partial charge in [-0.1, -0.05) is 4.68 Å². The van der Waals surface area contributed by atoms with Gasteiger partial charge in [-0.2, -0.15) is 0 Å². The molecule has 1 heterocycles. The Hall–Kier alpha value is -2.77. The van der Waals surface area contributed by atoms with Crippen molar-refractivity contribution in [1.29, 1.82) is 0 Å². The van der Waals surface area contributed by atoms with E-state index in [1.807, 2.05) is 0 Å². The number of hydrogen-bond donors (Lipinski definition) is 1. The monoisotopic (exact) mass is 279 g/mol. The fraction of sp³-hybridized carbons (Fsp3) is 0.250. The molecule has 0 fully saturated rings. The number of aromatic amines is 1. The Morgan fingerprint density at radius 3 is 2.70 bits per heavy atom. The molecule has 0 aliphatic rings. The molecule has 106 valence electrons. The summed E-state index contributed by atoms with van der Waals surface area (Å²) in [6.45, 7) is 0. The fourth-order valence-electron chi connectivity index (χ4n) is 1.61. The van der Waals surface area contributed by atoms with Crippen LogP contribution in [0.1, 0.15) is 5.69 Å². The van der Waals surface area contributed by atoms with Gasteiger partial charge in [-0.25, -0.2) is 4.79 Å². The van der Waals surface area contributed by atoms with Gasteiger partial charge in [0.1, 0.15) is 17.2 Å². The lowest BCUT2D eigenvalue weighted by Crippen LogP contribution is -2.43. The number of nitrogens with one attached hydrogen (secondary N) is 1. The third kappa shape index (κ3) is 2.48. The van der Waals surface area contributed by atoms with Crippen molar-refractivity contribution < 1.29 is 23.8 Å². The van der Waals surface area contributed by atoms with Gasteiger partial charge >= 0.3 is 11.3 Å². The third-order valence-electron chi connectivity index (χ3n) is 2.62. The van der Waals surface area contributed by atoms with Crippen LogP contribution in [-0.4, -0.2) is 25.4 Å². The lowest BCUT2D eigenvalue weighted by Gasteiger charge is -2.09. The van der Waals surface area contributed by atoms with E-state index in [-0.39, 0.29) is 5.69 Å². The molecule has 1 aromatic heterocycles. The van der Waals surface area contributed by atoms with Gasteiger partial charge in [0.05, 0.1) is 20.1 Å². The molecule has 2 rings (SSSR count). The average Bonchev–Trinajstić information content (AvgIpc) is 2.78. The zero-order valence-electron chi connectivity index (χ0n) is 11.2. The Balaban J connectivity index is 2.47. The molecule has 20 heavy (non-hydrogen) atoms. The largest absolute Gasteiger partial charge is 0.854 e. The molecular formula is C12H13N3O5. The molecule has 0 spiro atoms. The van der Waals surface area contributed by atoms with E-state index in [0.717, 1.165) is 4.68 Å². The predicted molar refractivity (Wildman–Crippen MR) is 66.2 cm³/mol. The normalized spacial score (nSPS) is 11.4. The highest BCUT2D eigenvalue weighted by molar-refractivity contribution is 5.89. The number of rotatable bonds is 4. The molecule has 0 saturated carbocycles. The van der Waals surface area contributed by atoms with E-state index in [1.165, 1.54) is 21.3 Å². The van der Waals surface area contributed by atoms with Gasteiger partial charge < -0.3 is 14.6 Å². The number of benzene rings is 1. The smallest absolute Gasteiger partial charge is 0.435 e. The SMILES string of the molecule is COc1ccc(N=C([O-])c2c(=O)o[nH][n+]2C)c(OC)c1. The molecule has 0 saturated heterocycles. The zero-order chi connectivity index (χ0) is 14.7. The quantitative estimate of drug-likeness (QED) is 0.450. The highest BCUT2D eigenvalue weighted by atomic mass is 16.5. The first-order chi connectivity index (χ1) is 9.56. The summed E-state index contributed by atoms with van der Waals surface area (Å²) in [6.07, 6.45) is 0. The van der Waals surface area contributed by atoms with Crippen LogP contribution in [-0.2, 0) is 7.05 Å². The average molecular weight is 279 g/mol. The summed E-state index contributed by atoms with van der Waals surface area (Å²) < 4.78 is 15.8. The lowest BCUT2D eigenvalue weighted by atomic mass is 10.2. The Kier molecular flexibility index (Phi) is 3.74. The second-order valence-corrected chi connectivity index (χ2v) is 3.84. The molecule has 1 N–H and O–H groups in total. The Morgan fingerprint density at radius 2 is 2.15 bits per heavy atom. The molecule has 0 radical (unpaired) electrons. The van der Waals surface area contributed by atoms with E-state index in [9.17, 15) is 9.90 Å². The summed E-state index contributed by atoms with van der Waals surface area (Å²) >= 11 is 0. The second kappa shape index (κ2) is 5.47. The van der Waals surface area contributed by atoms with Crippen molar-refractivity contribution in [1.82, 2.24) is 5.27 Å². The molecule has 8 nitrogen and oxygen atoms in total. The van der Waals surface area contributed by atoms with E-state index in [1.54, 1.807) is 18.2 Å². The molecule has 0 amide bonds. The molecule has 0 bridgehead atoms. The molecule has 0 unspecified atom stereocenters. The predicted octanol–water partition coefficient (Wildman–Crippen LogP) is -0.752. The number of ether oxygens (including phenoxy) is 2. The van der Waals surface area contributed by atoms with Crippen LogP contribution >= 0.6 is 0 Å². The number of hydrogen-bond acceptors (Lipinski definition) is 6. The molecule has 1 aromatic carbocycles. The van der Waals surface area contributed by atoms with Gasteiger partial charge in [0.15, 0.2) is 7.05 Å². The van der Waals surface area contributed by atoms with Gasteiger partial charge in [0, 0.05) is 6.07 Å².